The molecule has 0 bridgehead atoms. The predicted octanol–water partition coefficient (Wildman–Crippen LogP) is 2.63. The van der Waals surface area contributed by atoms with E-state index in [1.165, 1.54) is 25.1 Å². The summed E-state index contributed by atoms with van der Waals surface area (Å²) in [6, 6.07) is 12.3. The fourth-order valence-electron chi connectivity index (χ4n) is 2.78. The number of amides is 1. The van der Waals surface area contributed by atoms with Crippen molar-refractivity contribution in [1.29, 1.82) is 0 Å². The first kappa shape index (κ1) is 20.8. The van der Waals surface area contributed by atoms with Crippen LogP contribution >= 0.6 is 0 Å². The number of carbonyl (C=O) groups is 2. The van der Waals surface area contributed by atoms with Crippen molar-refractivity contribution in [3.8, 4) is 11.5 Å². The molecular formula is C21H20N2O7. The maximum Gasteiger partial charge on any atom is 0.331 e. The van der Waals surface area contributed by atoms with Gasteiger partial charge in [0.25, 0.3) is 11.6 Å². The Bertz CT molecular complexity index is 973. The molecule has 9 heteroatoms. The Hall–Kier alpha value is -3.88. The normalized spacial score (nSPS) is 13.1. The van der Waals surface area contributed by atoms with Gasteiger partial charge in [0.15, 0.2) is 17.6 Å². The molecule has 1 atom stereocenters. The molecule has 3 rings (SSSR count). The molecule has 0 aromatic heterocycles. The maximum absolute atomic E-state index is 12.1. The smallest absolute Gasteiger partial charge is 0.331 e. The third-order valence-corrected chi connectivity index (χ3v) is 4.34. The number of hydrogen-bond donors (Lipinski definition) is 1. The second-order valence-electron chi connectivity index (χ2n) is 6.46. The zero-order valence-electron chi connectivity index (χ0n) is 16.2. The van der Waals surface area contributed by atoms with Crippen LogP contribution in [0.15, 0.2) is 48.5 Å². The zero-order chi connectivity index (χ0) is 21.5. The van der Waals surface area contributed by atoms with Gasteiger partial charge in [-0.2, -0.15) is 0 Å². The Kier molecular flexibility index (Phi) is 6.63. The third-order valence-electron chi connectivity index (χ3n) is 4.34. The number of nitrogens with zero attached hydrogens (tertiary/aromatic N) is 1. The molecule has 2 aromatic rings. The molecule has 1 aliphatic heterocycles. The van der Waals surface area contributed by atoms with Gasteiger partial charge in [0, 0.05) is 12.6 Å². The minimum absolute atomic E-state index is 0.0292. The number of rotatable bonds is 8. The highest BCUT2D eigenvalue weighted by Gasteiger charge is 2.22. The van der Waals surface area contributed by atoms with Gasteiger partial charge in [-0.05, 0) is 31.1 Å². The molecule has 0 aliphatic carbocycles. The standard InChI is InChI=1S/C21H20N2O7/c1-14(21(25)22-10-9-15-5-3-2-4-6-15)30-20(24)8-7-16-11-18-19(29-13-28-18)12-17(16)23(26)27/h2-8,11-12,14H,9-10,13H2,1H3,(H,22,25)/b8-7+/t14-/m0/s1. The van der Waals surface area contributed by atoms with E-state index in [-0.39, 0.29) is 23.8 Å². The molecule has 1 aliphatic rings. The van der Waals surface area contributed by atoms with E-state index < -0.39 is 22.9 Å². The molecule has 0 radical (unpaired) electrons. The van der Waals surface area contributed by atoms with Crippen molar-refractivity contribution < 1.29 is 28.7 Å². The highest BCUT2D eigenvalue weighted by molar-refractivity contribution is 5.91. The van der Waals surface area contributed by atoms with Crippen LogP contribution in [0.3, 0.4) is 0 Å². The van der Waals surface area contributed by atoms with Crippen LogP contribution in [0.2, 0.25) is 0 Å². The summed E-state index contributed by atoms with van der Waals surface area (Å²) in [5, 5.41) is 13.9. The first-order valence-electron chi connectivity index (χ1n) is 9.22. The van der Waals surface area contributed by atoms with Gasteiger partial charge in [-0.25, -0.2) is 4.79 Å². The van der Waals surface area contributed by atoms with Crippen LogP contribution in [0.5, 0.6) is 11.5 Å². The Balaban J connectivity index is 1.54. The molecular weight excluding hydrogens is 392 g/mol. The molecule has 1 N–H and O–H groups in total. The molecule has 0 spiro atoms. The van der Waals surface area contributed by atoms with Crippen molar-refractivity contribution in [2.24, 2.45) is 0 Å². The average molecular weight is 412 g/mol. The lowest BCUT2D eigenvalue weighted by molar-refractivity contribution is -0.385. The maximum atomic E-state index is 12.1. The monoisotopic (exact) mass is 412 g/mol. The molecule has 9 nitrogen and oxygen atoms in total. The summed E-state index contributed by atoms with van der Waals surface area (Å²) in [4.78, 5) is 34.8. The van der Waals surface area contributed by atoms with Gasteiger partial charge in [0.05, 0.1) is 16.6 Å². The number of benzene rings is 2. The molecule has 1 amide bonds. The van der Waals surface area contributed by atoms with Gasteiger partial charge in [0.2, 0.25) is 6.79 Å². The quantitative estimate of drug-likeness (QED) is 0.306. The fourth-order valence-corrected chi connectivity index (χ4v) is 2.78. The molecule has 0 fully saturated rings. The van der Waals surface area contributed by atoms with Gasteiger partial charge in [0.1, 0.15) is 0 Å². The van der Waals surface area contributed by atoms with Gasteiger partial charge in [-0.1, -0.05) is 30.3 Å². The summed E-state index contributed by atoms with van der Waals surface area (Å²) in [6.07, 6.45) is 1.91. The van der Waals surface area contributed by atoms with Gasteiger partial charge >= 0.3 is 5.97 Å². The van der Waals surface area contributed by atoms with Crippen LogP contribution in [-0.2, 0) is 20.7 Å². The molecule has 1 heterocycles. The van der Waals surface area contributed by atoms with Gasteiger partial charge in [-0.15, -0.1) is 0 Å². The molecule has 30 heavy (non-hydrogen) atoms. The molecule has 156 valence electrons. The van der Waals surface area contributed by atoms with Crippen LogP contribution < -0.4 is 14.8 Å². The zero-order valence-corrected chi connectivity index (χ0v) is 16.2. The van der Waals surface area contributed by atoms with Crippen molar-refractivity contribution in [1.82, 2.24) is 5.32 Å². The fraction of sp³-hybridized carbons (Fsp3) is 0.238. The summed E-state index contributed by atoms with van der Waals surface area (Å²) in [6.45, 7) is 1.83. The highest BCUT2D eigenvalue weighted by atomic mass is 16.7. The van der Waals surface area contributed by atoms with E-state index in [1.807, 2.05) is 30.3 Å². The minimum atomic E-state index is -1.01. The minimum Gasteiger partial charge on any atom is -0.454 e. The number of carbonyl (C=O) groups excluding carboxylic acids is 2. The van der Waals surface area contributed by atoms with Crippen LogP contribution in [0.1, 0.15) is 18.1 Å². The van der Waals surface area contributed by atoms with E-state index in [0.717, 1.165) is 11.6 Å². The average Bonchev–Trinajstić information content (AvgIpc) is 3.19. The molecule has 2 aromatic carbocycles. The third kappa shape index (κ3) is 5.34. The number of nitro groups is 1. The summed E-state index contributed by atoms with van der Waals surface area (Å²) in [5.74, 6) is -0.614. The summed E-state index contributed by atoms with van der Waals surface area (Å²) < 4.78 is 15.4. The predicted molar refractivity (Wildman–Crippen MR) is 107 cm³/mol. The van der Waals surface area contributed by atoms with Crippen LogP contribution in [0, 0.1) is 10.1 Å². The van der Waals surface area contributed by atoms with E-state index in [0.29, 0.717) is 18.7 Å². The summed E-state index contributed by atoms with van der Waals surface area (Å²) in [7, 11) is 0. The Morgan fingerprint density at radius 3 is 2.63 bits per heavy atom. The van der Waals surface area contributed by atoms with Crippen molar-refractivity contribution in [2.75, 3.05) is 13.3 Å². The highest BCUT2D eigenvalue weighted by Crippen LogP contribution is 2.38. The molecule has 0 unspecified atom stereocenters. The lowest BCUT2D eigenvalue weighted by Crippen LogP contribution is -2.36. The van der Waals surface area contributed by atoms with Crippen LogP contribution in [0.25, 0.3) is 6.08 Å². The molecule has 0 saturated heterocycles. The Morgan fingerprint density at radius 2 is 1.93 bits per heavy atom. The van der Waals surface area contributed by atoms with Gasteiger partial charge < -0.3 is 19.5 Å². The van der Waals surface area contributed by atoms with Crippen molar-refractivity contribution >= 4 is 23.6 Å². The van der Waals surface area contributed by atoms with E-state index >= 15 is 0 Å². The Morgan fingerprint density at radius 1 is 1.23 bits per heavy atom. The topological polar surface area (TPSA) is 117 Å². The lowest BCUT2D eigenvalue weighted by atomic mass is 10.1. The van der Waals surface area contributed by atoms with E-state index in [1.54, 1.807) is 0 Å². The second-order valence-corrected chi connectivity index (χ2v) is 6.46. The van der Waals surface area contributed by atoms with E-state index in [4.69, 9.17) is 14.2 Å². The van der Waals surface area contributed by atoms with Crippen molar-refractivity contribution in [3.05, 3.63) is 69.8 Å². The first-order chi connectivity index (χ1) is 14.4. The van der Waals surface area contributed by atoms with E-state index in [2.05, 4.69) is 5.32 Å². The van der Waals surface area contributed by atoms with Crippen molar-refractivity contribution in [3.63, 3.8) is 0 Å². The SMILES string of the molecule is C[C@H](OC(=O)/C=C/c1cc2c(cc1[N+](=O)[O-])OCO2)C(=O)NCCc1ccccc1. The number of hydrogen-bond acceptors (Lipinski definition) is 7. The largest absolute Gasteiger partial charge is 0.454 e. The van der Waals surface area contributed by atoms with Crippen LogP contribution in [-0.4, -0.2) is 36.2 Å². The number of nitrogens with one attached hydrogen (secondary N) is 1. The summed E-state index contributed by atoms with van der Waals surface area (Å²) >= 11 is 0. The van der Waals surface area contributed by atoms with Gasteiger partial charge in [-0.3, -0.25) is 14.9 Å². The lowest BCUT2D eigenvalue weighted by Gasteiger charge is -2.12. The second kappa shape index (κ2) is 9.55. The summed E-state index contributed by atoms with van der Waals surface area (Å²) in [5.41, 5.74) is 0.992. The number of nitro benzene ring substituents is 1. The number of fused-ring (bicyclic) bond motifs is 1. The number of ether oxygens (including phenoxy) is 3. The van der Waals surface area contributed by atoms with Crippen LogP contribution in [0.4, 0.5) is 5.69 Å². The molecule has 0 saturated carbocycles. The first-order valence-corrected chi connectivity index (χ1v) is 9.22. The Labute approximate surface area is 172 Å². The van der Waals surface area contributed by atoms with Crippen molar-refractivity contribution in [2.45, 2.75) is 19.4 Å². The van der Waals surface area contributed by atoms with E-state index in [9.17, 15) is 19.7 Å². The number of esters is 1.